The fourth-order valence-corrected chi connectivity index (χ4v) is 2.46. The molecule has 2 aromatic carbocycles. The second-order valence-corrected chi connectivity index (χ2v) is 5.69. The Hall–Kier alpha value is -1.93. The van der Waals surface area contributed by atoms with Crippen molar-refractivity contribution in [3.05, 3.63) is 61.0 Å². The van der Waals surface area contributed by atoms with Crippen molar-refractivity contribution in [1.29, 1.82) is 0 Å². The van der Waals surface area contributed by atoms with Crippen molar-refractivity contribution in [2.45, 2.75) is 0 Å². The minimum absolute atomic E-state index is 0.0678. The predicted octanol–water partition coefficient (Wildman–Crippen LogP) is 4.61. The lowest BCUT2D eigenvalue weighted by atomic mass is 10.2. The normalized spacial score (nSPS) is 10.2. The molecule has 6 nitrogen and oxygen atoms in total. The van der Waals surface area contributed by atoms with Gasteiger partial charge in [0.25, 0.3) is 0 Å². The largest absolute Gasteiger partial charge is 0.478 e. The van der Waals surface area contributed by atoms with E-state index in [2.05, 4.69) is 31.9 Å². The molecule has 0 aromatic heterocycles. The van der Waals surface area contributed by atoms with Crippen molar-refractivity contribution in [2.75, 3.05) is 0 Å². The van der Waals surface area contributed by atoms with Gasteiger partial charge in [-0.05, 0) is 46.3 Å². The Morgan fingerprint density at radius 3 is 2.48 bits per heavy atom. The molecule has 0 fully saturated rings. The Labute approximate surface area is 135 Å². The number of nitrogens with zero attached hydrogens (tertiary/aromatic N) is 1. The lowest BCUT2D eigenvalue weighted by molar-refractivity contribution is -0.385. The van der Waals surface area contributed by atoms with E-state index in [1.807, 2.05) is 0 Å². The number of nitro groups is 1. The topological polar surface area (TPSA) is 89.7 Å². The van der Waals surface area contributed by atoms with Crippen molar-refractivity contribution >= 4 is 43.5 Å². The first-order valence-electron chi connectivity index (χ1n) is 5.53. The molecule has 108 valence electrons. The lowest BCUT2D eigenvalue weighted by Gasteiger charge is -2.08. The number of benzene rings is 2. The van der Waals surface area contributed by atoms with Crippen LogP contribution in [0.25, 0.3) is 0 Å². The monoisotopic (exact) mass is 415 g/mol. The number of carboxylic acid groups (broad SMARTS) is 1. The van der Waals surface area contributed by atoms with Gasteiger partial charge in [0.1, 0.15) is 5.75 Å². The van der Waals surface area contributed by atoms with Gasteiger partial charge in [-0.3, -0.25) is 10.1 Å². The number of nitro benzene ring substituents is 1. The van der Waals surface area contributed by atoms with Gasteiger partial charge in [0.2, 0.25) is 5.75 Å². The number of carboxylic acids is 1. The molecule has 0 amide bonds. The summed E-state index contributed by atoms with van der Waals surface area (Å²) in [7, 11) is 0. The Morgan fingerprint density at radius 2 is 1.90 bits per heavy atom. The van der Waals surface area contributed by atoms with Gasteiger partial charge in [-0.25, -0.2) is 4.79 Å². The van der Waals surface area contributed by atoms with Crippen LogP contribution in [0.4, 0.5) is 5.69 Å². The quantitative estimate of drug-likeness (QED) is 0.580. The van der Waals surface area contributed by atoms with Gasteiger partial charge < -0.3 is 9.84 Å². The van der Waals surface area contributed by atoms with E-state index in [1.165, 1.54) is 30.3 Å². The van der Waals surface area contributed by atoms with Gasteiger partial charge in [0, 0.05) is 15.0 Å². The maximum absolute atomic E-state index is 11.0. The van der Waals surface area contributed by atoms with Crippen LogP contribution in [0.5, 0.6) is 11.5 Å². The fraction of sp³-hybridized carbons (Fsp3) is 0. The summed E-state index contributed by atoms with van der Waals surface area (Å²) in [6.07, 6.45) is 0. The van der Waals surface area contributed by atoms with Crippen LogP contribution < -0.4 is 4.74 Å². The number of hydrogen-bond donors (Lipinski definition) is 1. The first-order valence-corrected chi connectivity index (χ1v) is 7.11. The molecule has 0 aliphatic heterocycles. The highest BCUT2D eigenvalue weighted by Crippen LogP contribution is 2.34. The maximum atomic E-state index is 11.0. The van der Waals surface area contributed by atoms with Gasteiger partial charge in [0.15, 0.2) is 0 Å². The average Bonchev–Trinajstić information content (AvgIpc) is 2.40. The van der Waals surface area contributed by atoms with E-state index in [0.717, 1.165) is 0 Å². The third-order valence-electron chi connectivity index (χ3n) is 2.52. The van der Waals surface area contributed by atoms with E-state index in [-0.39, 0.29) is 22.7 Å². The van der Waals surface area contributed by atoms with Crippen molar-refractivity contribution in [2.24, 2.45) is 0 Å². The highest BCUT2D eigenvalue weighted by Gasteiger charge is 2.17. The van der Waals surface area contributed by atoms with Crippen molar-refractivity contribution < 1.29 is 19.6 Å². The molecule has 21 heavy (non-hydrogen) atoms. The van der Waals surface area contributed by atoms with Crippen LogP contribution in [-0.2, 0) is 0 Å². The minimum atomic E-state index is -1.08. The maximum Gasteiger partial charge on any atom is 0.336 e. The molecule has 0 atom stereocenters. The summed E-state index contributed by atoms with van der Waals surface area (Å²) in [6.45, 7) is 0. The standard InChI is InChI=1S/C13H7Br2NO5/c14-7-1-4-12(11(5-7)16(19)20)21-8-2-3-9(13(17)18)10(15)6-8/h1-6H,(H,17,18). The number of rotatable bonds is 4. The van der Waals surface area contributed by atoms with Gasteiger partial charge >= 0.3 is 11.7 Å². The van der Waals surface area contributed by atoms with Crippen molar-refractivity contribution in [1.82, 2.24) is 0 Å². The molecule has 0 unspecified atom stereocenters. The van der Waals surface area contributed by atoms with Crippen LogP contribution in [0.1, 0.15) is 10.4 Å². The first kappa shape index (κ1) is 15.5. The van der Waals surface area contributed by atoms with Crippen LogP contribution >= 0.6 is 31.9 Å². The third kappa shape index (κ3) is 3.59. The number of aromatic carboxylic acids is 1. The molecule has 0 saturated carbocycles. The Morgan fingerprint density at radius 1 is 1.19 bits per heavy atom. The third-order valence-corrected chi connectivity index (χ3v) is 3.67. The fourth-order valence-electron chi connectivity index (χ4n) is 1.58. The van der Waals surface area contributed by atoms with E-state index in [9.17, 15) is 14.9 Å². The summed E-state index contributed by atoms with van der Waals surface area (Å²) < 4.78 is 6.34. The van der Waals surface area contributed by atoms with E-state index < -0.39 is 10.9 Å². The van der Waals surface area contributed by atoms with E-state index in [0.29, 0.717) is 8.95 Å². The molecule has 8 heteroatoms. The molecule has 1 N–H and O–H groups in total. The zero-order valence-electron chi connectivity index (χ0n) is 10.2. The molecule has 0 aliphatic rings. The van der Waals surface area contributed by atoms with E-state index in [4.69, 9.17) is 9.84 Å². The van der Waals surface area contributed by atoms with Gasteiger partial charge in [-0.15, -0.1) is 0 Å². The highest BCUT2D eigenvalue weighted by molar-refractivity contribution is 9.10. The second kappa shape index (κ2) is 6.23. The van der Waals surface area contributed by atoms with Crippen LogP contribution in [0.15, 0.2) is 45.3 Å². The summed E-state index contributed by atoms with van der Waals surface area (Å²) in [5.41, 5.74) is -0.115. The molecular formula is C13H7Br2NO5. The summed E-state index contributed by atoms with van der Waals surface area (Å²) in [5.74, 6) is -0.724. The highest BCUT2D eigenvalue weighted by atomic mass is 79.9. The Balaban J connectivity index is 2.37. The van der Waals surface area contributed by atoms with E-state index in [1.54, 1.807) is 6.07 Å². The summed E-state index contributed by atoms with van der Waals surface area (Å²) in [4.78, 5) is 21.3. The molecule has 2 aromatic rings. The number of ether oxygens (including phenoxy) is 1. The molecule has 0 radical (unpaired) electrons. The molecule has 2 rings (SSSR count). The minimum Gasteiger partial charge on any atom is -0.478 e. The summed E-state index contributed by atoms with van der Waals surface area (Å²) in [6, 6.07) is 8.63. The summed E-state index contributed by atoms with van der Waals surface area (Å²) in [5, 5.41) is 19.9. The van der Waals surface area contributed by atoms with Crippen LogP contribution in [0.2, 0.25) is 0 Å². The van der Waals surface area contributed by atoms with Gasteiger partial charge in [-0.2, -0.15) is 0 Å². The Bertz CT molecular complexity index is 732. The van der Waals surface area contributed by atoms with E-state index >= 15 is 0 Å². The van der Waals surface area contributed by atoms with Crippen LogP contribution in [0, 0.1) is 10.1 Å². The van der Waals surface area contributed by atoms with Crippen molar-refractivity contribution in [3.8, 4) is 11.5 Å². The van der Waals surface area contributed by atoms with Gasteiger partial charge in [-0.1, -0.05) is 15.9 Å². The summed E-state index contributed by atoms with van der Waals surface area (Å²) >= 11 is 6.27. The smallest absolute Gasteiger partial charge is 0.336 e. The Kier molecular flexibility index (Phi) is 4.59. The molecule has 0 aliphatic carbocycles. The zero-order valence-corrected chi connectivity index (χ0v) is 13.4. The molecule has 0 spiro atoms. The van der Waals surface area contributed by atoms with Crippen molar-refractivity contribution in [3.63, 3.8) is 0 Å². The average molecular weight is 417 g/mol. The number of halogens is 2. The van der Waals surface area contributed by atoms with Crippen LogP contribution in [0.3, 0.4) is 0 Å². The lowest BCUT2D eigenvalue weighted by Crippen LogP contribution is -1.98. The SMILES string of the molecule is O=C(O)c1ccc(Oc2ccc(Br)cc2[N+](=O)[O-])cc1Br. The molecular weight excluding hydrogens is 410 g/mol. The number of carbonyl (C=O) groups is 1. The number of hydrogen-bond acceptors (Lipinski definition) is 4. The van der Waals surface area contributed by atoms with Crippen LogP contribution in [-0.4, -0.2) is 16.0 Å². The first-order chi connectivity index (χ1) is 9.88. The second-order valence-electron chi connectivity index (χ2n) is 3.92. The molecule has 0 saturated heterocycles. The molecule has 0 bridgehead atoms. The predicted molar refractivity (Wildman–Crippen MR) is 82.0 cm³/mol. The molecule has 0 heterocycles. The zero-order chi connectivity index (χ0) is 15.6. The van der Waals surface area contributed by atoms with Gasteiger partial charge in [0.05, 0.1) is 10.5 Å².